The van der Waals surface area contributed by atoms with Crippen LogP contribution < -0.4 is 5.73 Å². The van der Waals surface area contributed by atoms with Crippen molar-refractivity contribution in [3.8, 4) is 0 Å². The monoisotopic (exact) mass is 273 g/mol. The number of ether oxygens (including phenoxy) is 1. The van der Waals surface area contributed by atoms with Gasteiger partial charge in [-0.25, -0.2) is 0 Å². The van der Waals surface area contributed by atoms with Crippen LogP contribution in [0.25, 0.3) is 0 Å². The van der Waals surface area contributed by atoms with E-state index in [1.54, 1.807) is 18.9 Å². The molecule has 4 heteroatoms. The van der Waals surface area contributed by atoms with Crippen molar-refractivity contribution >= 4 is 23.4 Å². The average molecular weight is 274 g/mol. The molecule has 0 bridgehead atoms. The lowest BCUT2D eigenvalue weighted by Gasteiger charge is -2.19. The Bertz CT molecular complexity index is 335. The summed E-state index contributed by atoms with van der Waals surface area (Å²) in [7, 11) is 1.72. The Labute approximate surface area is 113 Å². The molecule has 0 aliphatic carbocycles. The lowest BCUT2D eigenvalue weighted by atomic mass is 10.0. The summed E-state index contributed by atoms with van der Waals surface area (Å²) in [5, 5.41) is 0.774. The molecule has 0 radical (unpaired) electrons. The lowest BCUT2D eigenvalue weighted by Crippen LogP contribution is -2.31. The molecule has 2 unspecified atom stereocenters. The summed E-state index contributed by atoms with van der Waals surface area (Å²) in [5.41, 5.74) is 6.13. The molecule has 0 aromatic heterocycles. The van der Waals surface area contributed by atoms with Crippen molar-refractivity contribution in [3.63, 3.8) is 0 Å². The van der Waals surface area contributed by atoms with Gasteiger partial charge in [0.1, 0.15) is 0 Å². The molecular formula is C13H20ClNOS. The fourth-order valence-electron chi connectivity index (χ4n) is 1.43. The van der Waals surface area contributed by atoms with Crippen molar-refractivity contribution in [1.29, 1.82) is 0 Å². The normalized spacial score (nSPS) is 14.6. The Morgan fingerprint density at radius 1 is 1.47 bits per heavy atom. The maximum absolute atomic E-state index is 6.13. The maximum atomic E-state index is 6.13. The number of hydrogen-bond acceptors (Lipinski definition) is 3. The fraction of sp³-hybridized carbons (Fsp3) is 0.538. The molecule has 96 valence electrons. The van der Waals surface area contributed by atoms with E-state index in [2.05, 4.69) is 13.0 Å². The highest BCUT2D eigenvalue weighted by Crippen LogP contribution is 2.23. The Balaban J connectivity index is 2.34. The lowest BCUT2D eigenvalue weighted by molar-refractivity contribution is 0.176. The summed E-state index contributed by atoms with van der Waals surface area (Å²) in [6.07, 6.45) is 1.01. The summed E-state index contributed by atoms with van der Waals surface area (Å²) in [6, 6.07) is 8.06. The van der Waals surface area contributed by atoms with Crippen LogP contribution in [0.5, 0.6) is 0 Å². The van der Waals surface area contributed by atoms with Crippen LogP contribution in [0.3, 0.4) is 0 Å². The number of nitrogens with two attached hydrogens (primary N) is 1. The van der Waals surface area contributed by atoms with Crippen molar-refractivity contribution < 1.29 is 4.74 Å². The molecule has 17 heavy (non-hydrogen) atoms. The summed E-state index contributed by atoms with van der Waals surface area (Å²) < 4.78 is 5.06. The second kappa shape index (κ2) is 7.98. The van der Waals surface area contributed by atoms with Gasteiger partial charge in [0.2, 0.25) is 0 Å². The predicted molar refractivity (Wildman–Crippen MR) is 75.8 cm³/mol. The molecule has 0 heterocycles. The zero-order valence-electron chi connectivity index (χ0n) is 10.4. The van der Waals surface area contributed by atoms with Gasteiger partial charge in [-0.3, -0.25) is 0 Å². The van der Waals surface area contributed by atoms with Crippen molar-refractivity contribution in [2.45, 2.75) is 24.3 Å². The van der Waals surface area contributed by atoms with Gasteiger partial charge in [0.25, 0.3) is 0 Å². The third-order valence-corrected chi connectivity index (χ3v) is 4.12. The molecule has 2 nitrogen and oxygen atoms in total. The third kappa shape index (κ3) is 5.77. The van der Waals surface area contributed by atoms with Gasteiger partial charge in [0, 0.05) is 35.4 Å². The number of methoxy groups -OCH3 is 1. The van der Waals surface area contributed by atoms with Gasteiger partial charge in [-0.2, -0.15) is 0 Å². The van der Waals surface area contributed by atoms with E-state index in [0.717, 1.165) is 23.8 Å². The topological polar surface area (TPSA) is 35.2 Å². The van der Waals surface area contributed by atoms with Crippen LogP contribution >= 0.6 is 23.4 Å². The molecule has 1 rings (SSSR count). The summed E-state index contributed by atoms with van der Waals surface area (Å²) in [4.78, 5) is 1.17. The number of rotatable bonds is 7. The van der Waals surface area contributed by atoms with Crippen LogP contribution in [0, 0.1) is 5.92 Å². The second-order valence-electron chi connectivity index (χ2n) is 4.19. The standard InChI is InChI=1S/C13H20ClNOS/c1-10(6-7-16-2)13(15)9-17-12-5-3-4-11(14)8-12/h3-5,8,10,13H,6-7,9,15H2,1-2H3. The number of thioether (sulfide) groups is 1. The van der Waals surface area contributed by atoms with E-state index in [1.165, 1.54) is 4.90 Å². The van der Waals surface area contributed by atoms with Crippen molar-refractivity contribution in [1.82, 2.24) is 0 Å². The van der Waals surface area contributed by atoms with Crippen LogP contribution in [-0.2, 0) is 4.74 Å². The smallest absolute Gasteiger partial charge is 0.0465 e. The largest absolute Gasteiger partial charge is 0.385 e. The van der Waals surface area contributed by atoms with E-state index in [9.17, 15) is 0 Å². The zero-order valence-corrected chi connectivity index (χ0v) is 11.9. The van der Waals surface area contributed by atoms with Crippen LogP contribution in [0.2, 0.25) is 5.02 Å². The van der Waals surface area contributed by atoms with E-state index in [-0.39, 0.29) is 6.04 Å². The molecule has 2 N–H and O–H groups in total. The molecule has 2 atom stereocenters. The Morgan fingerprint density at radius 2 is 2.24 bits per heavy atom. The molecule has 0 amide bonds. The molecule has 0 aliphatic rings. The number of hydrogen-bond donors (Lipinski definition) is 1. The van der Waals surface area contributed by atoms with Crippen molar-refractivity contribution in [2.75, 3.05) is 19.5 Å². The van der Waals surface area contributed by atoms with Crippen LogP contribution in [-0.4, -0.2) is 25.5 Å². The van der Waals surface area contributed by atoms with Gasteiger partial charge in [0.05, 0.1) is 0 Å². The minimum atomic E-state index is 0.189. The van der Waals surface area contributed by atoms with Gasteiger partial charge >= 0.3 is 0 Å². The zero-order chi connectivity index (χ0) is 12.7. The molecule has 0 saturated heterocycles. The van der Waals surface area contributed by atoms with Gasteiger partial charge in [0.15, 0.2) is 0 Å². The molecular weight excluding hydrogens is 254 g/mol. The van der Waals surface area contributed by atoms with E-state index < -0.39 is 0 Å². The first-order valence-corrected chi connectivity index (χ1v) is 7.12. The Morgan fingerprint density at radius 3 is 2.88 bits per heavy atom. The van der Waals surface area contributed by atoms with Crippen molar-refractivity contribution in [3.05, 3.63) is 29.3 Å². The first kappa shape index (κ1) is 14.8. The number of benzene rings is 1. The Hall–Kier alpha value is -0.220. The minimum Gasteiger partial charge on any atom is -0.385 e. The minimum absolute atomic E-state index is 0.189. The van der Waals surface area contributed by atoms with Crippen LogP contribution in [0.15, 0.2) is 29.2 Å². The molecule has 1 aromatic carbocycles. The van der Waals surface area contributed by atoms with E-state index in [1.807, 2.05) is 18.2 Å². The summed E-state index contributed by atoms with van der Waals surface area (Å²) >= 11 is 7.68. The first-order valence-electron chi connectivity index (χ1n) is 5.76. The first-order chi connectivity index (χ1) is 8.13. The quantitative estimate of drug-likeness (QED) is 0.773. The predicted octanol–water partition coefficient (Wildman–Crippen LogP) is 3.43. The maximum Gasteiger partial charge on any atom is 0.0465 e. The highest BCUT2D eigenvalue weighted by atomic mass is 35.5. The molecule has 0 spiro atoms. The third-order valence-electron chi connectivity index (χ3n) is 2.75. The highest BCUT2D eigenvalue weighted by Gasteiger charge is 2.12. The second-order valence-corrected chi connectivity index (χ2v) is 5.72. The fourth-order valence-corrected chi connectivity index (χ4v) is 2.78. The summed E-state index contributed by atoms with van der Waals surface area (Å²) in [6.45, 7) is 2.94. The molecule has 0 saturated carbocycles. The van der Waals surface area contributed by atoms with Crippen LogP contribution in [0.4, 0.5) is 0 Å². The molecule has 0 fully saturated rings. The van der Waals surface area contributed by atoms with Crippen LogP contribution in [0.1, 0.15) is 13.3 Å². The van der Waals surface area contributed by atoms with E-state index >= 15 is 0 Å². The SMILES string of the molecule is COCCC(C)C(N)CSc1cccc(Cl)c1. The van der Waals surface area contributed by atoms with Gasteiger partial charge in [-0.15, -0.1) is 11.8 Å². The van der Waals surface area contributed by atoms with E-state index in [4.69, 9.17) is 22.1 Å². The summed E-state index contributed by atoms with van der Waals surface area (Å²) in [5.74, 6) is 1.38. The molecule has 0 aliphatic heterocycles. The van der Waals surface area contributed by atoms with Gasteiger partial charge in [-0.05, 0) is 30.5 Å². The van der Waals surface area contributed by atoms with Crippen molar-refractivity contribution in [2.24, 2.45) is 11.7 Å². The highest BCUT2D eigenvalue weighted by molar-refractivity contribution is 7.99. The van der Waals surface area contributed by atoms with E-state index in [0.29, 0.717) is 5.92 Å². The molecule has 1 aromatic rings. The number of halogens is 1. The van der Waals surface area contributed by atoms with Gasteiger partial charge < -0.3 is 10.5 Å². The average Bonchev–Trinajstić information content (AvgIpc) is 2.33. The Kier molecular flexibility index (Phi) is 6.97. The van der Waals surface area contributed by atoms with Gasteiger partial charge in [-0.1, -0.05) is 24.6 Å².